The number of carbonyl (C=O) groups excluding carboxylic acids is 2. The number of thiazole rings is 1. The average molecular weight is 345 g/mol. The van der Waals surface area contributed by atoms with E-state index in [1.807, 2.05) is 24.3 Å². The summed E-state index contributed by atoms with van der Waals surface area (Å²) in [6, 6.07) is 7.87. The number of ketones is 1. The van der Waals surface area contributed by atoms with Gasteiger partial charge in [-0.3, -0.25) is 9.59 Å². The number of hydrogen-bond acceptors (Lipinski definition) is 5. The normalized spacial score (nSPS) is 10.6. The second kappa shape index (κ2) is 9.30. The van der Waals surface area contributed by atoms with Crippen molar-refractivity contribution in [3.63, 3.8) is 0 Å². The van der Waals surface area contributed by atoms with Crippen LogP contribution in [0.1, 0.15) is 48.7 Å². The Morgan fingerprint density at radius 2 is 1.92 bits per heavy atom. The Hall–Kier alpha value is -2.05. The predicted molar refractivity (Wildman–Crippen MR) is 96.9 cm³/mol. The molecule has 2 aromatic rings. The molecule has 0 fully saturated rings. The zero-order valence-electron chi connectivity index (χ0n) is 13.9. The van der Waals surface area contributed by atoms with Crippen LogP contribution in [0.15, 0.2) is 29.6 Å². The minimum Gasteiger partial charge on any atom is -0.352 e. The van der Waals surface area contributed by atoms with Gasteiger partial charge in [0.1, 0.15) is 10.7 Å². The summed E-state index contributed by atoms with van der Waals surface area (Å²) in [4.78, 5) is 27.4. The van der Waals surface area contributed by atoms with Crippen molar-refractivity contribution in [1.82, 2.24) is 10.3 Å². The van der Waals surface area contributed by atoms with Crippen LogP contribution in [-0.2, 0) is 11.3 Å². The lowest BCUT2D eigenvalue weighted by Crippen LogP contribution is -2.22. The third-order valence-corrected chi connectivity index (χ3v) is 4.55. The molecule has 128 valence electrons. The second-order valence-corrected chi connectivity index (χ2v) is 6.53. The molecule has 0 aliphatic carbocycles. The minimum absolute atomic E-state index is 0.0247. The van der Waals surface area contributed by atoms with Crippen LogP contribution < -0.4 is 11.1 Å². The molecule has 1 amide bonds. The van der Waals surface area contributed by atoms with Gasteiger partial charge in [-0.2, -0.15) is 0 Å². The standard InChI is InChI=1S/C18H23N3O2S/c1-13(22)16-12-24-18(21-16)15-8-6-14(7-9-15)11-20-17(23)5-3-2-4-10-19/h6-9,12H,2-5,10-11,19H2,1H3,(H,20,23). The lowest BCUT2D eigenvalue weighted by Gasteiger charge is -2.06. The molecular weight excluding hydrogens is 322 g/mol. The lowest BCUT2D eigenvalue weighted by atomic mass is 10.1. The van der Waals surface area contributed by atoms with E-state index in [1.165, 1.54) is 18.3 Å². The molecule has 3 N–H and O–H groups in total. The molecule has 0 aliphatic heterocycles. The number of nitrogens with zero attached hydrogens (tertiary/aromatic N) is 1. The zero-order chi connectivity index (χ0) is 17.4. The summed E-state index contributed by atoms with van der Waals surface area (Å²) < 4.78 is 0. The quantitative estimate of drug-likeness (QED) is 0.540. The molecule has 2 rings (SSSR count). The van der Waals surface area contributed by atoms with Crippen molar-refractivity contribution in [1.29, 1.82) is 0 Å². The summed E-state index contributed by atoms with van der Waals surface area (Å²) in [5, 5.41) is 5.53. The molecule has 0 saturated carbocycles. The molecule has 0 aliphatic rings. The van der Waals surface area contributed by atoms with E-state index in [1.54, 1.807) is 5.38 Å². The molecule has 0 saturated heterocycles. The number of Topliss-reactive ketones (excluding diaryl/α,β-unsaturated/α-hetero) is 1. The Bertz CT molecular complexity index is 680. The highest BCUT2D eigenvalue weighted by Gasteiger charge is 2.08. The van der Waals surface area contributed by atoms with E-state index in [0.29, 0.717) is 25.2 Å². The summed E-state index contributed by atoms with van der Waals surface area (Å²) in [6.45, 7) is 2.72. The predicted octanol–water partition coefficient (Wildman–Crippen LogP) is 3.15. The van der Waals surface area contributed by atoms with Gasteiger partial charge in [0.15, 0.2) is 5.78 Å². The van der Waals surface area contributed by atoms with E-state index < -0.39 is 0 Å². The van der Waals surface area contributed by atoms with E-state index in [2.05, 4.69) is 10.3 Å². The van der Waals surface area contributed by atoms with Gasteiger partial charge in [0.25, 0.3) is 0 Å². The van der Waals surface area contributed by atoms with Crippen LogP contribution in [0.2, 0.25) is 0 Å². The van der Waals surface area contributed by atoms with Crippen molar-refractivity contribution in [2.45, 2.75) is 39.2 Å². The van der Waals surface area contributed by atoms with Gasteiger partial charge < -0.3 is 11.1 Å². The fourth-order valence-corrected chi connectivity index (χ4v) is 3.09. The molecule has 0 radical (unpaired) electrons. The van der Waals surface area contributed by atoms with Crippen LogP contribution in [-0.4, -0.2) is 23.2 Å². The number of amides is 1. The zero-order valence-corrected chi connectivity index (χ0v) is 14.7. The van der Waals surface area contributed by atoms with Gasteiger partial charge in [0.05, 0.1) is 0 Å². The molecule has 0 unspecified atom stereocenters. The van der Waals surface area contributed by atoms with Crippen LogP contribution >= 0.6 is 11.3 Å². The number of nitrogens with one attached hydrogen (secondary N) is 1. The van der Waals surface area contributed by atoms with Crippen molar-refractivity contribution in [3.8, 4) is 10.6 Å². The monoisotopic (exact) mass is 345 g/mol. The van der Waals surface area contributed by atoms with Crippen molar-refractivity contribution in [3.05, 3.63) is 40.9 Å². The average Bonchev–Trinajstić information content (AvgIpc) is 3.08. The van der Waals surface area contributed by atoms with Crippen LogP contribution in [0.25, 0.3) is 10.6 Å². The van der Waals surface area contributed by atoms with Gasteiger partial charge in [-0.15, -0.1) is 11.3 Å². The second-order valence-electron chi connectivity index (χ2n) is 5.67. The maximum atomic E-state index is 11.8. The summed E-state index contributed by atoms with van der Waals surface area (Å²) in [5.41, 5.74) is 7.95. The first-order valence-corrected chi connectivity index (χ1v) is 9.00. The van der Waals surface area contributed by atoms with E-state index in [-0.39, 0.29) is 11.7 Å². The largest absolute Gasteiger partial charge is 0.352 e. The van der Waals surface area contributed by atoms with Crippen LogP contribution in [0.5, 0.6) is 0 Å². The highest BCUT2D eigenvalue weighted by Crippen LogP contribution is 2.24. The van der Waals surface area contributed by atoms with Crippen LogP contribution in [0.4, 0.5) is 0 Å². The highest BCUT2D eigenvalue weighted by molar-refractivity contribution is 7.13. The van der Waals surface area contributed by atoms with Gasteiger partial charge in [-0.1, -0.05) is 30.7 Å². The number of nitrogens with two attached hydrogens (primary N) is 1. The number of hydrogen-bond donors (Lipinski definition) is 2. The van der Waals surface area contributed by atoms with E-state index in [9.17, 15) is 9.59 Å². The molecule has 1 aromatic heterocycles. The first-order chi connectivity index (χ1) is 11.6. The molecule has 1 aromatic carbocycles. The van der Waals surface area contributed by atoms with Crippen molar-refractivity contribution in [2.24, 2.45) is 5.73 Å². The molecule has 5 nitrogen and oxygen atoms in total. The minimum atomic E-state index is -0.0247. The van der Waals surface area contributed by atoms with E-state index in [0.717, 1.165) is 35.4 Å². The van der Waals surface area contributed by atoms with Crippen LogP contribution in [0, 0.1) is 0 Å². The van der Waals surface area contributed by atoms with E-state index >= 15 is 0 Å². The SMILES string of the molecule is CC(=O)c1csc(-c2ccc(CNC(=O)CCCCCN)cc2)n1. The van der Waals surface area contributed by atoms with Crippen molar-refractivity contribution in [2.75, 3.05) is 6.54 Å². The topological polar surface area (TPSA) is 85.1 Å². The summed E-state index contributed by atoms with van der Waals surface area (Å²) in [6.07, 6.45) is 3.39. The molecule has 6 heteroatoms. The molecule has 0 atom stereocenters. The van der Waals surface area contributed by atoms with Gasteiger partial charge in [0.2, 0.25) is 5.91 Å². The fourth-order valence-electron chi connectivity index (χ4n) is 2.23. The molecular formula is C18H23N3O2S. The van der Waals surface area contributed by atoms with Gasteiger partial charge >= 0.3 is 0 Å². The Labute approximate surface area is 146 Å². The molecule has 0 spiro atoms. The Balaban J connectivity index is 1.83. The number of carbonyl (C=O) groups is 2. The number of unbranched alkanes of at least 4 members (excludes halogenated alkanes) is 2. The first kappa shape index (κ1) is 18.3. The van der Waals surface area contributed by atoms with Gasteiger partial charge in [0, 0.05) is 30.8 Å². The smallest absolute Gasteiger partial charge is 0.220 e. The number of aromatic nitrogens is 1. The van der Waals surface area contributed by atoms with Crippen molar-refractivity contribution >= 4 is 23.0 Å². The summed E-state index contributed by atoms with van der Waals surface area (Å²) in [7, 11) is 0. The maximum absolute atomic E-state index is 11.8. The van der Waals surface area contributed by atoms with Gasteiger partial charge in [-0.25, -0.2) is 4.98 Å². The Kier molecular flexibility index (Phi) is 7.08. The van der Waals surface area contributed by atoms with Crippen molar-refractivity contribution < 1.29 is 9.59 Å². The maximum Gasteiger partial charge on any atom is 0.220 e. The Morgan fingerprint density at radius 3 is 2.54 bits per heavy atom. The van der Waals surface area contributed by atoms with Crippen LogP contribution in [0.3, 0.4) is 0 Å². The third-order valence-electron chi connectivity index (χ3n) is 3.66. The molecule has 1 heterocycles. The van der Waals surface area contributed by atoms with E-state index in [4.69, 9.17) is 5.73 Å². The molecule has 0 bridgehead atoms. The first-order valence-electron chi connectivity index (χ1n) is 8.12. The number of benzene rings is 1. The summed E-state index contributed by atoms with van der Waals surface area (Å²) in [5.74, 6) is 0.0467. The summed E-state index contributed by atoms with van der Waals surface area (Å²) >= 11 is 1.46. The fraction of sp³-hybridized carbons (Fsp3) is 0.389. The highest BCUT2D eigenvalue weighted by atomic mass is 32.1. The Morgan fingerprint density at radius 1 is 1.17 bits per heavy atom. The van der Waals surface area contributed by atoms with Gasteiger partial charge in [-0.05, 0) is 24.9 Å². The third kappa shape index (κ3) is 5.54. The lowest BCUT2D eigenvalue weighted by molar-refractivity contribution is -0.121. The number of rotatable bonds is 9. The molecule has 24 heavy (non-hydrogen) atoms.